The number of hydrogen-bond donors (Lipinski definition) is 2. The van der Waals surface area contributed by atoms with E-state index in [1.54, 1.807) is 30.3 Å². The van der Waals surface area contributed by atoms with Crippen molar-refractivity contribution in [1.29, 1.82) is 0 Å². The molecule has 0 bridgehead atoms. The second kappa shape index (κ2) is 10.1. The molecule has 0 heterocycles. The molecule has 0 radical (unpaired) electrons. The summed E-state index contributed by atoms with van der Waals surface area (Å²) in [6, 6.07) is 10.7. The molecule has 1 amide bonds. The lowest BCUT2D eigenvalue weighted by atomic mass is 9.91. The zero-order valence-electron chi connectivity index (χ0n) is 17.6. The standard InChI is InChI=1S/C23H27FN2O4S/c1-25-31(28,29)21-15-16(7-13-20(21)30-2)8-14-22(27)26-23(17-5-3-4-6-17)18-9-11-19(24)12-10-18/h7-15,17,23,25H,3-6H2,1-2H3,(H,26,27)/b14-8+. The molecule has 31 heavy (non-hydrogen) atoms. The van der Waals surface area contributed by atoms with Crippen LogP contribution in [0.5, 0.6) is 5.75 Å². The Balaban J connectivity index is 1.79. The number of carbonyl (C=O) groups excluding carboxylic acids is 1. The highest BCUT2D eigenvalue weighted by Crippen LogP contribution is 2.35. The van der Waals surface area contributed by atoms with Crippen molar-refractivity contribution in [3.8, 4) is 5.75 Å². The van der Waals surface area contributed by atoms with Crippen molar-refractivity contribution in [2.75, 3.05) is 14.2 Å². The number of amides is 1. The predicted molar refractivity (Wildman–Crippen MR) is 118 cm³/mol. The molecule has 0 saturated heterocycles. The maximum Gasteiger partial charge on any atom is 0.244 e. The molecular weight excluding hydrogens is 419 g/mol. The number of hydrogen-bond acceptors (Lipinski definition) is 4. The van der Waals surface area contributed by atoms with Crippen molar-refractivity contribution in [3.63, 3.8) is 0 Å². The molecule has 1 saturated carbocycles. The van der Waals surface area contributed by atoms with Crippen molar-refractivity contribution in [2.45, 2.75) is 36.6 Å². The molecule has 1 unspecified atom stereocenters. The van der Waals surface area contributed by atoms with Gasteiger partial charge in [-0.05, 0) is 67.3 Å². The Morgan fingerprint density at radius 2 is 1.84 bits per heavy atom. The predicted octanol–water partition coefficient (Wildman–Crippen LogP) is 3.80. The highest BCUT2D eigenvalue weighted by molar-refractivity contribution is 7.89. The van der Waals surface area contributed by atoms with E-state index < -0.39 is 10.0 Å². The third-order valence-electron chi connectivity index (χ3n) is 5.57. The van der Waals surface area contributed by atoms with Gasteiger partial charge < -0.3 is 10.1 Å². The van der Waals surface area contributed by atoms with Gasteiger partial charge in [-0.25, -0.2) is 17.5 Å². The molecule has 6 nitrogen and oxygen atoms in total. The highest BCUT2D eigenvalue weighted by atomic mass is 32.2. The summed E-state index contributed by atoms with van der Waals surface area (Å²) in [6.45, 7) is 0. The fourth-order valence-electron chi connectivity index (χ4n) is 3.92. The average molecular weight is 447 g/mol. The Bertz CT molecular complexity index is 1050. The number of methoxy groups -OCH3 is 1. The van der Waals surface area contributed by atoms with Gasteiger partial charge in [-0.1, -0.05) is 31.0 Å². The minimum atomic E-state index is -3.71. The monoisotopic (exact) mass is 446 g/mol. The summed E-state index contributed by atoms with van der Waals surface area (Å²) >= 11 is 0. The van der Waals surface area contributed by atoms with Crippen LogP contribution in [0.4, 0.5) is 4.39 Å². The van der Waals surface area contributed by atoms with Gasteiger partial charge in [0.2, 0.25) is 15.9 Å². The van der Waals surface area contributed by atoms with Gasteiger partial charge in [0.25, 0.3) is 0 Å². The summed E-state index contributed by atoms with van der Waals surface area (Å²) in [7, 11) is -0.995. The molecule has 1 fully saturated rings. The van der Waals surface area contributed by atoms with Gasteiger partial charge in [0, 0.05) is 6.08 Å². The van der Waals surface area contributed by atoms with Crippen molar-refractivity contribution in [2.24, 2.45) is 5.92 Å². The fourth-order valence-corrected chi connectivity index (χ4v) is 4.85. The fraction of sp³-hybridized carbons (Fsp3) is 0.348. The third kappa shape index (κ3) is 5.71. The second-order valence-electron chi connectivity index (χ2n) is 7.53. The summed E-state index contributed by atoms with van der Waals surface area (Å²) in [5.74, 6) is -0.0910. The number of benzene rings is 2. The van der Waals surface area contributed by atoms with Crippen LogP contribution in [-0.2, 0) is 14.8 Å². The minimum Gasteiger partial charge on any atom is -0.495 e. The Hall–Kier alpha value is -2.71. The van der Waals surface area contributed by atoms with Crippen LogP contribution in [-0.4, -0.2) is 28.5 Å². The third-order valence-corrected chi connectivity index (χ3v) is 7.01. The Labute approximate surface area is 182 Å². The van der Waals surface area contributed by atoms with E-state index in [0.717, 1.165) is 31.2 Å². The van der Waals surface area contributed by atoms with E-state index in [0.29, 0.717) is 11.5 Å². The maximum atomic E-state index is 13.3. The van der Waals surface area contributed by atoms with Gasteiger partial charge in [-0.3, -0.25) is 4.79 Å². The second-order valence-corrected chi connectivity index (χ2v) is 9.39. The molecule has 3 rings (SSSR count). The van der Waals surface area contributed by atoms with E-state index in [1.807, 2.05) is 0 Å². The topological polar surface area (TPSA) is 84.5 Å². The van der Waals surface area contributed by atoms with E-state index in [2.05, 4.69) is 10.0 Å². The molecule has 0 aromatic heterocycles. The molecule has 1 aliphatic rings. The van der Waals surface area contributed by atoms with Crippen LogP contribution in [0.15, 0.2) is 53.4 Å². The highest BCUT2D eigenvalue weighted by Gasteiger charge is 2.27. The Kier molecular flexibility index (Phi) is 7.46. The van der Waals surface area contributed by atoms with Crippen molar-refractivity contribution >= 4 is 22.0 Å². The molecule has 1 atom stereocenters. The molecule has 0 aliphatic heterocycles. The first-order chi connectivity index (χ1) is 14.8. The summed E-state index contributed by atoms with van der Waals surface area (Å²) < 4.78 is 45.2. The number of carbonyl (C=O) groups is 1. The molecule has 1 aliphatic carbocycles. The smallest absolute Gasteiger partial charge is 0.244 e. The van der Waals surface area contributed by atoms with Crippen molar-refractivity contribution in [1.82, 2.24) is 10.0 Å². The zero-order chi connectivity index (χ0) is 22.4. The number of rotatable bonds is 8. The number of nitrogens with one attached hydrogen (secondary N) is 2. The molecule has 8 heteroatoms. The lowest BCUT2D eigenvalue weighted by Gasteiger charge is -2.24. The molecule has 166 valence electrons. The Morgan fingerprint density at radius 3 is 2.45 bits per heavy atom. The normalized spacial score (nSPS) is 15.8. The summed E-state index contributed by atoms with van der Waals surface area (Å²) in [6.07, 6.45) is 7.18. The lowest BCUT2D eigenvalue weighted by Crippen LogP contribution is -2.31. The van der Waals surface area contributed by atoms with Crippen LogP contribution >= 0.6 is 0 Å². The summed E-state index contributed by atoms with van der Waals surface area (Å²) in [5.41, 5.74) is 1.42. The number of sulfonamides is 1. The number of ether oxygens (including phenoxy) is 1. The van der Waals surface area contributed by atoms with E-state index >= 15 is 0 Å². The summed E-state index contributed by atoms with van der Waals surface area (Å²) in [5, 5.41) is 3.04. The van der Waals surface area contributed by atoms with Crippen molar-refractivity contribution in [3.05, 3.63) is 65.5 Å². The first-order valence-corrected chi connectivity index (χ1v) is 11.7. The molecular formula is C23H27FN2O4S. The van der Waals surface area contributed by atoms with Gasteiger partial charge in [0.05, 0.1) is 13.2 Å². The lowest BCUT2D eigenvalue weighted by molar-refractivity contribution is -0.117. The molecule has 0 spiro atoms. The van der Waals surface area contributed by atoms with Crippen molar-refractivity contribution < 1.29 is 22.3 Å². The largest absolute Gasteiger partial charge is 0.495 e. The maximum absolute atomic E-state index is 13.3. The van der Waals surface area contributed by atoms with E-state index in [-0.39, 0.29) is 28.4 Å². The van der Waals surface area contributed by atoms with Gasteiger partial charge in [0.15, 0.2) is 0 Å². The molecule has 2 aromatic rings. The van der Waals surface area contributed by atoms with Gasteiger partial charge >= 0.3 is 0 Å². The Morgan fingerprint density at radius 1 is 1.16 bits per heavy atom. The van der Waals surface area contributed by atoms with E-state index in [9.17, 15) is 17.6 Å². The minimum absolute atomic E-state index is 0.00444. The SMILES string of the molecule is CNS(=O)(=O)c1cc(/C=C/C(=O)NC(c2ccc(F)cc2)C2CCCC2)ccc1OC. The molecule has 2 aromatic carbocycles. The van der Waals surface area contributed by atoms with Crippen LogP contribution in [0.2, 0.25) is 0 Å². The number of halogens is 1. The van der Waals surface area contributed by atoms with Crippen LogP contribution in [0.1, 0.15) is 42.9 Å². The van der Waals surface area contributed by atoms with Crippen LogP contribution in [0, 0.1) is 11.7 Å². The average Bonchev–Trinajstić information content (AvgIpc) is 3.31. The quantitative estimate of drug-likeness (QED) is 0.604. The zero-order valence-corrected chi connectivity index (χ0v) is 18.4. The van der Waals surface area contributed by atoms with Crippen LogP contribution in [0.25, 0.3) is 6.08 Å². The first kappa shape index (κ1) is 23.0. The van der Waals surface area contributed by atoms with Gasteiger partial charge in [-0.2, -0.15) is 0 Å². The van der Waals surface area contributed by atoms with Gasteiger partial charge in [0.1, 0.15) is 16.5 Å². The molecule has 2 N–H and O–H groups in total. The van der Waals surface area contributed by atoms with Crippen LogP contribution < -0.4 is 14.8 Å². The van der Waals surface area contributed by atoms with Crippen LogP contribution in [0.3, 0.4) is 0 Å². The summed E-state index contributed by atoms with van der Waals surface area (Å²) in [4.78, 5) is 12.7. The van der Waals surface area contributed by atoms with E-state index in [4.69, 9.17) is 4.74 Å². The first-order valence-electron chi connectivity index (χ1n) is 10.2. The van der Waals surface area contributed by atoms with Gasteiger partial charge in [-0.15, -0.1) is 0 Å². The van der Waals surface area contributed by atoms with E-state index in [1.165, 1.54) is 38.4 Å².